The van der Waals surface area contributed by atoms with Gasteiger partial charge in [0, 0.05) is 57.7 Å². The Balaban J connectivity index is 1.17. The molecule has 1 aromatic heterocycles. The number of nitrogens with one attached hydrogen (secondary N) is 2. The zero-order valence-corrected chi connectivity index (χ0v) is 25.1. The largest absolute Gasteiger partial charge is 0.393 e. The molecule has 1 amide bonds. The van der Waals surface area contributed by atoms with Gasteiger partial charge in [0.15, 0.2) is 0 Å². The number of allylic oxidation sites excluding steroid dienone is 1. The molecule has 224 valence electrons. The highest BCUT2D eigenvalue weighted by Crippen LogP contribution is 2.26. The Morgan fingerprint density at radius 1 is 1.09 bits per heavy atom. The van der Waals surface area contributed by atoms with E-state index in [1.54, 1.807) is 19.3 Å². The van der Waals surface area contributed by atoms with Crippen molar-refractivity contribution in [3.63, 3.8) is 0 Å². The van der Waals surface area contributed by atoms with E-state index in [1.807, 2.05) is 0 Å². The summed E-state index contributed by atoms with van der Waals surface area (Å²) in [5.41, 5.74) is 12.0. The molecule has 1 aliphatic heterocycles. The average molecular weight is 580 g/mol. The highest BCUT2D eigenvalue weighted by atomic mass is 16.5. The Morgan fingerprint density at radius 3 is 2.63 bits per heavy atom. The van der Waals surface area contributed by atoms with Crippen molar-refractivity contribution in [3.8, 4) is 17.2 Å². The molecule has 2 aromatic carbocycles. The third-order valence-corrected chi connectivity index (χ3v) is 8.33. The van der Waals surface area contributed by atoms with E-state index < -0.39 is 0 Å². The van der Waals surface area contributed by atoms with Crippen molar-refractivity contribution >= 4 is 17.3 Å². The quantitative estimate of drug-likeness (QED) is 0.308. The SMILES string of the molecule is CN/C=C(\C#N)c1cnc(N)c(C(=O)NC2CCC[C@@H]2OCc2ccc(-c3cccc(CN4CCN(C)CC4)c3)cc2)c1. The number of carbonyl (C=O) groups is 1. The monoisotopic (exact) mass is 579 g/mol. The summed E-state index contributed by atoms with van der Waals surface area (Å²) in [4.78, 5) is 22.2. The number of nitriles is 1. The number of piperazine rings is 1. The zero-order chi connectivity index (χ0) is 30.2. The van der Waals surface area contributed by atoms with Gasteiger partial charge < -0.3 is 26.0 Å². The Bertz CT molecular complexity index is 1470. The first-order chi connectivity index (χ1) is 20.9. The van der Waals surface area contributed by atoms with Crippen molar-refractivity contribution in [1.82, 2.24) is 25.4 Å². The molecule has 2 heterocycles. The zero-order valence-electron chi connectivity index (χ0n) is 25.1. The minimum Gasteiger partial charge on any atom is -0.393 e. The maximum Gasteiger partial charge on any atom is 0.255 e. The summed E-state index contributed by atoms with van der Waals surface area (Å²) in [7, 11) is 3.89. The summed E-state index contributed by atoms with van der Waals surface area (Å²) in [6.45, 7) is 5.91. The van der Waals surface area contributed by atoms with Crippen LogP contribution in [-0.2, 0) is 17.9 Å². The molecule has 0 bridgehead atoms. The number of amides is 1. The van der Waals surface area contributed by atoms with Crippen molar-refractivity contribution in [2.24, 2.45) is 0 Å². The molecule has 9 nitrogen and oxygen atoms in total. The van der Waals surface area contributed by atoms with Crippen LogP contribution in [0, 0.1) is 11.3 Å². The van der Waals surface area contributed by atoms with E-state index in [0.717, 1.165) is 57.5 Å². The fourth-order valence-electron chi connectivity index (χ4n) is 5.78. The minimum atomic E-state index is -0.312. The number of nitrogens with zero attached hydrogens (tertiary/aromatic N) is 4. The summed E-state index contributed by atoms with van der Waals surface area (Å²) < 4.78 is 6.31. The van der Waals surface area contributed by atoms with Crippen molar-refractivity contribution in [2.45, 2.75) is 44.6 Å². The lowest BCUT2D eigenvalue weighted by Gasteiger charge is -2.32. The number of likely N-dealkylation sites (N-methyl/N-ethyl adjacent to an activating group) is 1. The molecule has 2 fully saturated rings. The highest BCUT2D eigenvalue weighted by molar-refractivity contribution is 5.99. The number of hydrogen-bond donors (Lipinski definition) is 3. The summed E-state index contributed by atoms with van der Waals surface area (Å²) in [6.07, 6.45) is 5.64. The topological polar surface area (TPSA) is 120 Å². The molecule has 0 radical (unpaired) electrons. The van der Waals surface area contributed by atoms with E-state index in [9.17, 15) is 10.1 Å². The van der Waals surface area contributed by atoms with E-state index in [0.29, 0.717) is 17.7 Å². The Morgan fingerprint density at radius 2 is 1.88 bits per heavy atom. The van der Waals surface area contributed by atoms with Gasteiger partial charge in [-0.25, -0.2) is 4.98 Å². The Kier molecular flexibility index (Phi) is 10.1. The van der Waals surface area contributed by atoms with Crippen molar-refractivity contribution < 1.29 is 9.53 Å². The van der Waals surface area contributed by atoms with Gasteiger partial charge in [0.1, 0.15) is 11.9 Å². The number of nitrogen functional groups attached to an aromatic ring is 1. The van der Waals surface area contributed by atoms with Gasteiger partial charge in [-0.3, -0.25) is 9.69 Å². The Labute approximate surface area is 254 Å². The number of carbonyl (C=O) groups excluding carboxylic acids is 1. The van der Waals surface area contributed by atoms with Crippen molar-refractivity contribution in [2.75, 3.05) is 46.0 Å². The number of pyridine rings is 1. The number of anilines is 1. The van der Waals surface area contributed by atoms with Crippen LogP contribution in [0.1, 0.15) is 46.3 Å². The van der Waals surface area contributed by atoms with E-state index in [2.05, 4.69) is 87.1 Å². The lowest BCUT2D eigenvalue weighted by atomic mass is 10.0. The van der Waals surface area contributed by atoms with E-state index >= 15 is 0 Å². The van der Waals surface area contributed by atoms with Gasteiger partial charge in [-0.2, -0.15) is 5.26 Å². The molecule has 2 aliphatic rings. The molecular formula is C34H41N7O2. The second-order valence-corrected chi connectivity index (χ2v) is 11.5. The molecule has 1 saturated carbocycles. The molecule has 2 atom stereocenters. The second kappa shape index (κ2) is 14.3. The summed E-state index contributed by atoms with van der Waals surface area (Å²) in [5, 5.41) is 15.4. The van der Waals surface area contributed by atoms with Crippen LogP contribution in [0.15, 0.2) is 67.0 Å². The van der Waals surface area contributed by atoms with Crippen LogP contribution in [0.2, 0.25) is 0 Å². The number of aromatic nitrogens is 1. The number of hydrogen-bond acceptors (Lipinski definition) is 8. The summed E-state index contributed by atoms with van der Waals surface area (Å²) >= 11 is 0. The Hall–Kier alpha value is -4.23. The van der Waals surface area contributed by atoms with Crippen LogP contribution < -0.4 is 16.4 Å². The van der Waals surface area contributed by atoms with Crippen LogP contribution in [0.3, 0.4) is 0 Å². The van der Waals surface area contributed by atoms with Gasteiger partial charge in [0.25, 0.3) is 5.91 Å². The average Bonchev–Trinajstić information content (AvgIpc) is 3.47. The minimum absolute atomic E-state index is 0.0916. The van der Waals surface area contributed by atoms with Gasteiger partial charge >= 0.3 is 0 Å². The van der Waals surface area contributed by atoms with Gasteiger partial charge in [0.05, 0.1) is 29.9 Å². The number of nitrogens with two attached hydrogens (primary N) is 1. The van der Waals surface area contributed by atoms with Crippen LogP contribution in [0.25, 0.3) is 16.7 Å². The summed E-state index contributed by atoms with van der Waals surface area (Å²) in [6, 6.07) is 21.0. The molecule has 3 aromatic rings. The fourth-order valence-corrected chi connectivity index (χ4v) is 5.78. The van der Waals surface area contributed by atoms with Crippen LogP contribution in [0.4, 0.5) is 5.82 Å². The molecular weight excluding hydrogens is 538 g/mol. The number of ether oxygens (including phenoxy) is 1. The van der Waals surface area contributed by atoms with Gasteiger partial charge in [0.2, 0.25) is 0 Å². The molecule has 5 rings (SSSR count). The molecule has 0 spiro atoms. The first-order valence-corrected chi connectivity index (χ1v) is 15.0. The number of rotatable bonds is 10. The highest BCUT2D eigenvalue weighted by Gasteiger charge is 2.30. The van der Waals surface area contributed by atoms with Crippen LogP contribution in [-0.4, -0.2) is 73.1 Å². The lowest BCUT2D eigenvalue weighted by molar-refractivity contribution is 0.0272. The van der Waals surface area contributed by atoms with Crippen molar-refractivity contribution in [1.29, 1.82) is 5.26 Å². The molecule has 1 unspecified atom stereocenters. The maximum absolute atomic E-state index is 13.2. The predicted octanol–water partition coefficient (Wildman–Crippen LogP) is 4.03. The molecule has 9 heteroatoms. The van der Waals surface area contributed by atoms with Gasteiger partial charge in [-0.1, -0.05) is 42.5 Å². The third kappa shape index (κ3) is 7.79. The van der Waals surface area contributed by atoms with E-state index in [1.165, 1.54) is 22.9 Å². The molecule has 43 heavy (non-hydrogen) atoms. The van der Waals surface area contributed by atoms with Crippen LogP contribution in [0.5, 0.6) is 0 Å². The molecule has 1 saturated heterocycles. The lowest BCUT2D eigenvalue weighted by Crippen LogP contribution is -2.43. The third-order valence-electron chi connectivity index (χ3n) is 8.33. The number of benzene rings is 2. The van der Waals surface area contributed by atoms with Gasteiger partial charge in [-0.15, -0.1) is 0 Å². The first-order valence-electron chi connectivity index (χ1n) is 15.0. The normalized spacial score (nSPS) is 19.6. The summed E-state index contributed by atoms with van der Waals surface area (Å²) in [5.74, 6) is -0.184. The predicted molar refractivity (Wildman–Crippen MR) is 170 cm³/mol. The van der Waals surface area contributed by atoms with Crippen LogP contribution >= 0.6 is 0 Å². The first kappa shape index (κ1) is 30.2. The fraction of sp³-hybridized carbons (Fsp3) is 0.382. The second-order valence-electron chi connectivity index (χ2n) is 11.5. The standard InChI is InChI=1S/C34H41N7O2/c1-37-20-29(19-35)28-18-30(33(36)38-21-28)34(42)39-31-7-4-8-32(31)43-23-24-9-11-26(12-10-24)27-6-3-5-25(17-27)22-41-15-13-40(2)14-16-41/h3,5-6,9-12,17-18,20-21,31-32,37H,4,7-8,13-16,22-23H2,1-2H3,(H2,36,38)(H,39,42)/b29-20+/t31?,32-/m0/s1. The van der Waals surface area contributed by atoms with E-state index in [-0.39, 0.29) is 29.4 Å². The van der Waals surface area contributed by atoms with Gasteiger partial charge in [-0.05, 0) is 60.7 Å². The molecule has 4 N–H and O–H groups in total. The maximum atomic E-state index is 13.2. The smallest absolute Gasteiger partial charge is 0.255 e. The van der Waals surface area contributed by atoms with E-state index in [4.69, 9.17) is 10.5 Å². The van der Waals surface area contributed by atoms with Crippen molar-refractivity contribution in [3.05, 3.63) is 89.2 Å². The molecule has 1 aliphatic carbocycles.